The second-order valence-electron chi connectivity index (χ2n) is 5.61. The van der Waals surface area contributed by atoms with E-state index in [1.165, 1.54) is 23.1 Å². The molecule has 0 aromatic heterocycles. The second-order valence-corrected chi connectivity index (χ2v) is 6.93. The van der Waals surface area contributed by atoms with Gasteiger partial charge in [-0.25, -0.2) is 0 Å². The molecule has 2 aromatic rings. The molecule has 1 aliphatic rings. The average Bonchev–Trinajstić information content (AvgIpc) is 2.44. The highest BCUT2D eigenvalue weighted by Gasteiger charge is 2.29. The summed E-state index contributed by atoms with van der Waals surface area (Å²) >= 11 is 9.91. The molecule has 1 aliphatic carbocycles. The fourth-order valence-electron chi connectivity index (χ4n) is 3.21. The van der Waals surface area contributed by atoms with E-state index >= 15 is 0 Å². The van der Waals surface area contributed by atoms with Crippen molar-refractivity contribution in [3.63, 3.8) is 0 Å². The molecule has 0 bridgehead atoms. The first kappa shape index (κ1) is 15.1. The molecular weight excluding hydrogens is 346 g/mol. The predicted molar refractivity (Wildman–Crippen MR) is 93.1 cm³/mol. The van der Waals surface area contributed by atoms with Crippen LogP contribution < -0.4 is 5.32 Å². The molecule has 0 fully saturated rings. The molecular formula is C18H19BrClN. The first-order chi connectivity index (χ1) is 10.2. The van der Waals surface area contributed by atoms with Gasteiger partial charge in [-0.3, -0.25) is 0 Å². The number of nitrogens with one attached hydrogen (secondary N) is 1. The molecule has 0 aliphatic heterocycles. The number of fused-ring (bicyclic) bond motifs is 1. The molecule has 1 nitrogen and oxygen atoms in total. The molecule has 1 N–H and O–H groups in total. The summed E-state index contributed by atoms with van der Waals surface area (Å²) in [5.74, 6) is 0.643. The lowest BCUT2D eigenvalue weighted by atomic mass is 9.74. The van der Waals surface area contributed by atoms with E-state index < -0.39 is 0 Å². The summed E-state index contributed by atoms with van der Waals surface area (Å²) in [7, 11) is 0. The van der Waals surface area contributed by atoms with Gasteiger partial charge in [-0.2, -0.15) is 0 Å². The molecule has 110 valence electrons. The number of rotatable bonds is 5. The highest BCUT2D eigenvalue weighted by molar-refractivity contribution is 9.10. The van der Waals surface area contributed by atoms with Gasteiger partial charge in [-0.15, -0.1) is 0 Å². The van der Waals surface area contributed by atoms with Gasteiger partial charge in [0.2, 0.25) is 0 Å². The van der Waals surface area contributed by atoms with Crippen molar-refractivity contribution in [1.29, 1.82) is 0 Å². The third-order valence-corrected chi connectivity index (χ3v) is 5.09. The van der Waals surface area contributed by atoms with Crippen molar-refractivity contribution in [3.05, 3.63) is 68.7 Å². The third kappa shape index (κ3) is 3.18. The van der Waals surface area contributed by atoms with Crippen LogP contribution in [0.15, 0.2) is 46.9 Å². The molecule has 0 amide bonds. The van der Waals surface area contributed by atoms with Crippen LogP contribution in [0, 0.1) is 0 Å². The van der Waals surface area contributed by atoms with Gasteiger partial charge in [0, 0.05) is 15.5 Å². The molecule has 0 heterocycles. The van der Waals surface area contributed by atoms with Gasteiger partial charge in [0.25, 0.3) is 0 Å². The van der Waals surface area contributed by atoms with E-state index in [1.807, 2.05) is 6.07 Å². The minimum absolute atomic E-state index is 0.314. The Morgan fingerprint density at radius 3 is 2.81 bits per heavy atom. The van der Waals surface area contributed by atoms with Gasteiger partial charge in [0.15, 0.2) is 0 Å². The molecule has 0 spiro atoms. The van der Waals surface area contributed by atoms with Crippen LogP contribution in [0.3, 0.4) is 0 Å². The summed E-state index contributed by atoms with van der Waals surface area (Å²) < 4.78 is 1.03. The Morgan fingerprint density at radius 1 is 1.29 bits per heavy atom. The average molecular weight is 365 g/mol. The lowest BCUT2D eigenvalue weighted by molar-refractivity contribution is 0.436. The molecule has 3 rings (SSSR count). The Bertz CT molecular complexity index is 641. The third-order valence-electron chi connectivity index (χ3n) is 4.27. The van der Waals surface area contributed by atoms with Crippen molar-refractivity contribution in [3.8, 4) is 0 Å². The SMILES string of the molecule is CCNC(CC1Cc2ccccc21)c1ccc(Br)cc1Cl. The van der Waals surface area contributed by atoms with Crippen LogP contribution in [0.1, 0.15) is 42.0 Å². The maximum absolute atomic E-state index is 6.43. The monoisotopic (exact) mass is 363 g/mol. The van der Waals surface area contributed by atoms with Crippen LogP contribution in [0.2, 0.25) is 5.02 Å². The zero-order valence-electron chi connectivity index (χ0n) is 12.1. The number of benzene rings is 2. The Morgan fingerprint density at radius 2 is 2.10 bits per heavy atom. The maximum Gasteiger partial charge on any atom is 0.0465 e. The summed E-state index contributed by atoms with van der Waals surface area (Å²) in [6.45, 7) is 3.10. The van der Waals surface area contributed by atoms with Gasteiger partial charge in [0.1, 0.15) is 0 Å². The van der Waals surface area contributed by atoms with Crippen LogP contribution in [-0.2, 0) is 6.42 Å². The minimum Gasteiger partial charge on any atom is -0.310 e. The van der Waals surface area contributed by atoms with Crippen LogP contribution in [-0.4, -0.2) is 6.54 Å². The van der Waals surface area contributed by atoms with E-state index in [2.05, 4.69) is 64.6 Å². The first-order valence-corrected chi connectivity index (χ1v) is 8.62. The highest BCUT2D eigenvalue weighted by Crippen LogP contribution is 2.41. The van der Waals surface area contributed by atoms with E-state index in [4.69, 9.17) is 11.6 Å². The van der Waals surface area contributed by atoms with Gasteiger partial charge >= 0.3 is 0 Å². The number of hydrogen-bond donors (Lipinski definition) is 1. The Hall–Kier alpha value is -0.830. The normalized spacial score (nSPS) is 18.0. The smallest absolute Gasteiger partial charge is 0.0465 e. The van der Waals surface area contributed by atoms with Crippen LogP contribution in [0.4, 0.5) is 0 Å². The number of hydrogen-bond acceptors (Lipinski definition) is 1. The first-order valence-electron chi connectivity index (χ1n) is 7.45. The lowest BCUT2D eigenvalue weighted by Gasteiger charge is -2.33. The van der Waals surface area contributed by atoms with Crippen LogP contribution in [0.5, 0.6) is 0 Å². The molecule has 2 aromatic carbocycles. The van der Waals surface area contributed by atoms with Crippen molar-refractivity contribution in [2.75, 3.05) is 6.54 Å². The Labute approximate surface area is 139 Å². The van der Waals surface area contributed by atoms with E-state index in [-0.39, 0.29) is 0 Å². The fraction of sp³-hybridized carbons (Fsp3) is 0.333. The van der Waals surface area contributed by atoms with Gasteiger partial charge in [-0.05, 0) is 54.1 Å². The van der Waals surface area contributed by atoms with Gasteiger partial charge in [-0.1, -0.05) is 64.8 Å². The Kier molecular flexibility index (Phi) is 4.68. The summed E-state index contributed by atoms with van der Waals surface area (Å²) in [5, 5.41) is 4.43. The standard InChI is InChI=1S/C18H19BrClN/c1-2-21-18(16-8-7-14(19)11-17(16)20)10-13-9-12-5-3-4-6-15(12)13/h3-8,11,13,18,21H,2,9-10H2,1H3. The van der Waals surface area contributed by atoms with Crippen LogP contribution >= 0.6 is 27.5 Å². The van der Waals surface area contributed by atoms with E-state index in [0.717, 1.165) is 22.5 Å². The molecule has 21 heavy (non-hydrogen) atoms. The minimum atomic E-state index is 0.314. The molecule has 3 heteroatoms. The van der Waals surface area contributed by atoms with E-state index in [1.54, 1.807) is 0 Å². The quantitative estimate of drug-likeness (QED) is 0.740. The van der Waals surface area contributed by atoms with Crippen LogP contribution in [0.25, 0.3) is 0 Å². The van der Waals surface area contributed by atoms with Gasteiger partial charge < -0.3 is 5.32 Å². The summed E-state index contributed by atoms with van der Waals surface area (Å²) in [4.78, 5) is 0. The van der Waals surface area contributed by atoms with Crippen molar-refractivity contribution in [2.24, 2.45) is 0 Å². The second kappa shape index (κ2) is 6.51. The van der Waals surface area contributed by atoms with Gasteiger partial charge in [0.05, 0.1) is 0 Å². The lowest BCUT2D eigenvalue weighted by Crippen LogP contribution is -2.27. The summed E-state index contributed by atoms with van der Waals surface area (Å²) in [6, 6.07) is 15.3. The zero-order chi connectivity index (χ0) is 14.8. The predicted octanol–water partition coefficient (Wildman–Crippen LogP) is 5.48. The Balaban J connectivity index is 1.80. The topological polar surface area (TPSA) is 12.0 Å². The summed E-state index contributed by atoms with van der Waals surface area (Å²) in [5.41, 5.74) is 4.21. The molecule has 2 atom stereocenters. The molecule has 2 unspecified atom stereocenters. The largest absolute Gasteiger partial charge is 0.310 e. The van der Waals surface area contributed by atoms with Crippen molar-refractivity contribution in [1.82, 2.24) is 5.32 Å². The van der Waals surface area contributed by atoms with E-state index in [0.29, 0.717) is 12.0 Å². The number of halogens is 2. The van der Waals surface area contributed by atoms with Crippen molar-refractivity contribution < 1.29 is 0 Å². The van der Waals surface area contributed by atoms with Crippen molar-refractivity contribution in [2.45, 2.75) is 31.7 Å². The van der Waals surface area contributed by atoms with E-state index in [9.17, 15) is 0 Å². The maximum atomic E-state index is 6.43. The highest BCUT2D eigenvalue weighted by atomic mass is 79.9. The zero-order valence-corrected chi connectivity index (χ0v) is 14.4. The molecule has 0 saturated heterocycles. The fourth-order valence-corrected chi connectivity index (χ4v) is 4.01. The molecule has 0 saturated carbocycles. The molecule has 0 radical (unpaired) electrons. The van der Waals surface area contributed by atoms with Crippen molar-refractivity contribution >= 4 is 27.5 Å². The summed E-state index contributed by atoms with van der Waals surface area (Å²) in [6.07, 6.45) is 2.29.